The number of carbonyl (C=O) groups is 1. The zero-order valence-corrected chi connectivity index (χ0v) is 19.2. The highest BCUT2D eigenvalue weighted by molar-refractivity contribution is 5.92. The highest BCUT2D eigenvalue weighted by Crippen LogP contribution is 2.33. The van der Waals surface area contributed by atoms with Crippen LogP contribution in [0.3, 0.4) is 0 Å². The molecule has 0 aliphatic rings. The average molecular weight is 457 g/mol. The van der Waals surface area contributed by atoms with Gasteiger partial charge in [-0.15, -0.1) is 0 Å². The van der Waals surface area contributed by atoms with E-state index in [9.17, 15) is 18.8 Å². The van der Waals surface area contributed by atoms with Crippen LogP contribution in [-0.4, -0.2) is 43.1 Å². The van der Waals surface area contributed by atoms with Gasteiger partial charge < -0.3 is 14.6 Å². The summed E-state index contributed by atoms with van der Waals surface area (Å²) < 4.78 is 33.1. The minimum absolute atomic E-state index is 0.0815. The average Bonchev–Trinajstić information content (AvgIpc) is 3.17. The lowest BCUT2D eigenvalue weighted by Crippen LogP contribution is -2.45. The van der Waals surface area contributed by atoms with Gasteiger partial charge in [0.05, 0.1) is 23.6 Å². The molecule has 0 fully saturated rings. The highest BCUT2D eigenvalue weighted by Gasteiger charge is 2.37. The second-order valence-corrected chi connectivity index (χ2v) is 8.36. The monoisotopic (exact) mass is 457 g/mol. The normalized spacial score (nSPS) is 12.9. The number of nitriles is 1. The second kappa shape index (κ2) is 9.15. The van der Waals surface area contributed by atoms with Crippen LogP contribution < -0.4 is 5.32 Å². The molecule has 3 heterocycles. The van der Waals surface area contributed by atoms with Crippen molar-refractivity contribution in [3.8, 4) is 6.07 Å². The largest absolute Gasteiger partial charge is 0.376 e. The number of imidazole rings is 1. The van der Waals surface area contributed by atoms with Crippen LogP contribution in [0.5, 0.6) is 0 Å². The van der Waals surface area contributed by atoms with E-state index in [1.165, 1.54) is 13.3 Å². The fourth-order valence-electron chi connectivity index (χ4n) is 3.43. The molecule has 3 aromatic heterocycles. The number of nitrogens with zero attached hydrogens (tertiary/aromatic N) is 6. The van der Waals surface area contributed by atoms with E-state index < -0.39 is 29.7 Å². The van der Waals surface area contributed by atoms with Gasteiger partial charge in [-0.25, -0.2) is 23.7 Å². The molecule has 1 amide bonds. The van der Waals surface area contributed by atoms with Crippen LogP contribution in [0.4, 0.5) is 8.78 Å². The van der Waals surface area contributed by atoms with Gasteiger partial charge in [0.1, 0.15) is 34.8 Å². The van der Waals surface area contributed by atoms with Crippen LogP contribution in [0.15, 0.2) is 18.6 Å². The highest BCUT2D eigenvalue weighted by atomic mass is 19.3. The van der Waals surface area contributed by atoms with Crippen molar-refractivity contribution < 1.29 is 18.3 Å². The number of amides is 1. The second-order valence-electron chi connectivity index (χ2n) is 8.36. The first-order valence-electron chi connectivity index (χ1n) is 10.3. The van der Waals surface area contributed by atoms with Crippen molar-refractivity contribution in [3.63, 3.8) is 0 Å². The van der Waals surface area contributed by atoms with Gasteiger partial charge in [-0.2, -0.15) is 5.26 Å². The van der Waals surface area contributed by atoms with Crippen LogP contribution in [0.25, 0.3) is 11.2 Å². The van der Waals surface area contributed by atoms with Gasteiger partial charge in [-0.05, 0) is 40.2 Å². The molecular weight excluding hydrogens is 432 g/mol. The van der Waals surface area contributed by atoms with Gasteiger partial charge >= 0.3 is 0 Å². The molecule has 0 aromatic carbocycles. The van der Waals surface area contributed by atoms with Crippen molar-refractivity contribution in [1.82, 2.24) is 29.8 Å². The predicted octanol–water partition coefficient (Wildman–Crippen LogP) is 3.82. The molecule has 3 rings (SSSR count). The lowest BCUT2D eigenvalue weighted by Gasteiger charge is -2.34. The number of hydrogen-bond donors (Lipinski definition) is 1. The lowest BCUT2D eigenvalue weighted by atomic mass is 9.97. The maximum Gasteiger partial charge on any atom is 0.281 e. The Kier molecular flexibility index (Phi) is 6.69. The number of nitrogens with one attached hydrogen (secondary N) is 1. The number of fused-ring (bicyclic) bond motifs is 1. The third-order valence-corrected chi connectivity index (χ3v) is 5.51. The number of hydrogen-bond acceptors (Lipinski definition) is 7. The van der Waals surface area contributed by atoms with Crippen molar-refractivity contribution in [2.24, 2.45) is 0 Å². The minimum Gasteiger partial charge on any atom is -0.376 e. The van der Waals surface area contributed by atoms with E-state index in [4.69, 9.17) is 9.72 Å². The van der Waals surface area contributed by atoms with Gasteiger partial charge in [0.2, 0.25) is 0 Å². The van der Waals surface area contributed by atoms with E-state index in [1.807, 2.05) is 18.4 Å². The Morgan fingerprint density at radius 2 is 1.91 bits per heavy atom. The van der Waals surface area contributed by atoms with Crippen molar-refractivity contribution in [2.45, 2.75) is 58.7 Å². The van der Waals surface area contributed by atoms with Crippen molar-refractivity contribution in [1.29, 1.82) is 5.26 Å². The smallest absolute Gasteiger partial charge is 0.281 e. The number of halogens is 2. The molecule has 3 aromatic rings. The molecule has 0 aliphatic heterocycles. The molecule has 0 bridgehead atoms. The zero-order valence-electron chi connectivity index (χ0n) is 19.2. The molecule has 9 nitrogen and oxygen atoms in total. The fourth-order valence-corrected chi connectivity index (χ4v) is 3.43. The summed E-state index contributed by atoms with van der Waals surface area (Å²) in [5.41, 5.74) is 0.641. The van der Waals surface area contributed by atoms with E-state index in [2.05, 4.69) is 26.3 Å². The maximum absolute atomic E-state index is 13.0. The Hall–Kier alpha value is -3.52. The molecule has 1 atom stereocenters. The molecule has 11 heteroatoms. The zero-order chi connectivity index (χ0) is 24.5. The van der Waals surface area contributed by atoms with Crippen LogP contribution in [0.2, 0.25) is 0 Å². The molecular formula is C22H25F2N7O2. The van der Waals surface area contributed by atoms with Gasteiger partial charge in [-0.3, -0.25) is 9.78 Å². The SMILES string of the molecule is COC(C)(C)[C@H](NC(=O)c1cnc(C(F)F)cn1)c1nc2c(C)c(C#N)cnc2n1C(C)C. The molecule has 0 aliphatic carbocycles. The summed E-state index contributed by atoms with van der Waals surface area (Å²) in [4.78, 5) is 29.6. The van der Waals surface area contributed by atoms with Gasteiger partial charge in [-0.1, -0.05) is 0 Å². The number of carbonyl (C=O) groups excluding carboxylic acids is 1. The summed E-state index contributed by atoms with van der Waals surface area (Å²) >= 11 is 0. The first-order chi connectivity index (χ1) is 15.5. The molecule has 0 radical (unpaired) electrons. The van der Waals surface area contributed by atoms with Crippen LogP contribution in [0, 0.1) is 18.3 Å². The summed E-state index contributed by atoms with van der Waals surface area (Å²) in [6, 6.07) is 1.26. The predicted molar refractivity (Wildman–Crippen MR) is 116 cm³/mol. The number of rotatable bonds is 7. The van der Waals surface area contributed by atoms with E-state index >= 15 is 0 Å². The summed E-state index contributed by atoms with van der Waals surface area (Å²) in [6.45, 7) is 9.27. The van der Waals surface area contributed by atoms with Crippen LogP contribution in [0.1, 0.15) is 79.3 Å². The quantitative estimate of drug-likeness (QED) is 0.573. The maximum atomic E-state index is 13.0. The molecule has 0 spiro atoms. The molecule has 0 saturated heterocycles. The van der Waals surface area contributed by atoms with E-state index in [1.54, 1.807) is 20.8 Å². The minimum atomic E-state index is -2.78. The number of aryl methyl sites for hydroxylation is 1. The molecule has 1 N–H and O–H groups in total. The van der Waals surface area contributed by atoms with E-state index in [-0.39, 0.29) is 11.7 Å². The summed E-state index contributed by atoms with van der Waals surface area (Å²) in [5, 5.41) is 12.2. The molecule has 174 valence electrons. The summed E-state index contributed by atoms with van der Waals surface area (Å²) in [6.07, 6.45) is 0.590. The third-order valence-electron chi connectivity index (χ3n) is 5.51. The molecule has 33 heavy (non-hydrogen) atoms. The first kappa shape index (κ1) is 24.1. The fraction of sp³-hybridized carbons (Fsp3) is 0.455. The van der Waals surface area contributed by atoms with Crippen molar-refractivity contribution in [3.05, 3.63) is 46.9 Å². The molecule has 0 unspecified atom stereocenters. The lowest BCUT2D eigenvalue weighted by molar-refractivity contribution is -0.0134. The standard InChI is InChI=1S/C22H25F2N7O2/c1-11(2)31-19-16(12(3)13(7-25)8-28-19)29-20(31)17(22(4,5)33-6)30-21(32)15-10-26-14(9-27-15)18(23)24/h8-11,17-18H,1-6H3,(H,30,32)/t17-/m1/s1. The number of aromatic nitrogens is 5. The third kappa shape index (κ3) is 4.52. The number of alkyl halides is 2. The Bertz CT molecular complexity index is 1210. The topological polar surface area (TPSA) is 119 Å². The Labute approximate surface area is 189 Å². The number of pyridine rings is 1. The Morgan fingerprint density at radius 1 is 1.21 bits per heavy atom. The van der Waals surface area contributed by atoms with Crippen molar-refractivity contribution in [2.75, 3.05) is 7.11 Å². The van der Waals surface area contributed by atoms with Gasteiger partial charge in [0, 0.05) is 19.3 Å². The van der Waals surface area contributed by atoms with Crippen LogP contribution in [-0.2, 0) is 4.74 Å². The summed E-state index contributed by atoms with van der Waals surface area (Å²) in [5.74, 6) is -0.147. The summed E-state index contributed by atoms with van der Waals surface area (Å²) in [7, 11) is 1.51. The van der Waals surface area contributed by atoms with E-state index in [0.717, 1.165) is 12.4 Å². The number of methoxy groups -OCH3 is 1. The van der Waals surface area contributed by atoms with Gasteiger partial charge in [0.15, 0.2) is 5.65 Å². The van der Waals surface area contributed by atoms with E-state index in [0.29, 0.717) is 28.1 Å². The number of ether oxygens (including phenoxy) is 1. The van der Waals surface area contributed by atoms with Crippen LogP contribution >= 0.6 is 0 Å². The van der Waals surface area contributed by atoms with Crippen molar-refractivity contribution >= 4 is 17.1 Å². The Balaban J connectivity index is 2.13. The first-order valence-corrected chi connectivity index (χ1v) is 10.3. The molecule has 0 saturated carbocycles. The van der Waals surface area contributed by atoms with Gasteiger partial charge in [0.25, 0.3) is 12.3 Å². The Morgan fingerprint density at radius 3 is 2.42 bits per heavy atom.